The summed E-state index contributed by atoms with van der Waals surface area (Å²) in [5, 5.41) is 14.2. The summed E-state index contributed by atoms with van der Waals surface area (Å²) >= 11 is 1.45. The van der Waals surface area contributed by atoms with Crippen molar-refractivity contribution in [3.63, 3.8) is 0 Å². The van der Waals surface area contributed by atoms with Crippen LogP contribution >= 0.6 is 11.3 Å². The summed E-state index contributed by atoms with van der Waals surface area (Å²) in [7, 11) is 0. The van der Waals surface area contributed by atoms with Crippen molar-refractivity contribution >= 4 is 44.7 Å². The molecule has 3 aromatic heterocycles. The van der Waals surface area contributed by atoms with E-state index in [9.17, 15) is 4.79 Å². The molecule has 0 aliphatic heterocycles. The quantitative estimate of drug-likeness (QED) is 0.400. The van der Waals surface area contributed by atoms with E-state index in [0.717, 1.165) is 44.2 Å². The Bertz CT molecular complexity index is 1290. The summed E-state index contributed by atoms with van der Waals surface area (Å²) in [6.45, 7) is 1.99. The highest BCUT2D eigenvalue weighted by atomic mass is 32.1. The Morgan fingerprint density at radius 3 is 2.89 bits per heavy atom. The first-order valence-electron chi connectivity index (χ1n) is 8.59. The highest BCUT2D eigenvalue weighted by molar-refractivity contribution is 7.12. The number of amides is 1. The maximum atomic E-state index is 12.7. The van der Waals surface area contributed by atoms with Crippen LogP contribution in [-0.2, 0) is 0 Å². The van der Waals surface area contributed by atoms with E-state index in [1.165, 1.54) is 11.3 Å². The number of nitrogens with one attached hydrogen (secondary N) is 3. The van der Waals surface area contributed by atoms with Crippen LogP contribution in [-0.4, -0.2) is 21.1 Å². The lowest BCUT2D eigenvalue weighted by Crippen LogP contribution is -2.10. The Morgan fingerprint density at radius 1 is 1.11 bits per heavy atom. The van der Waals surface area contributed by atoms with Crippen molar-refractivity contribution in [3.8, 4) is 11.1 Å². The predicted octanol–water partition coefficient (Wildman–Crippen LogP) is 5.33. The first-order valence-corrected chi connectivity index (χ1v) is 9.47. The minimum atomic E-state index is -0.104. The first kappa shape index (κ1) is 15.8. The average molecular weight is 372 g/mol. The number of hydrogen-bond donors (Lipinski definition) is 3. The maximum Gasteiger partial charge on any atom is 0.265 e. The number of fused-ring (bicyclic) bond motifs is 2. The van der Waals surface area contributed by atoms with Gasteiger partial charge in [-0.15, -0.1) is 11.3 Å². The standard InChI is InChI=1S/C21H16N4OS/c1-12-7-20(27-11-12)21(26)24-18-8-13(9-19-16(18)10-23-25-19)14-3-2-4-17-15(14)5-6-22-17/h2-11,22H,1H3,(H,23,25)(H,24,26). The molecule has 0 aliphatic rings. The molecular weight excluding hydrogens is 356 g/mol. The number of benzene rings is 2. The molecule has 5 nitrogen and oxygen atoms in total. The van der Waals surface area contributed by atoms with Crippen LogP contribution < -0.4 is 5.32 Å². The van der Waals surface area contributed by atoms with Gasteiger partial charge in [0, 0.05) is 22.5 Å². The topological polar surface area (TPSA) is 73.6 Å². The van der Waals surface area contributed by atoms with Crippen molar-refractivity contribution in [2.75, 3.05) is 5.32 Å². The fraction of sp³-hybridized carbons (Fsp3) is 0.0476. The van der Waals surface area contributed by atoms with Gasteiger partial charge in [0.1, 0.15) is 0 Å². The third-order valence-corrected chi connectivity index (χ3v) is 5.71. The van der Waals surface area contributed by atoms with Crippen molar-refractivity contribution in [1.82, 2.24) is 15.2 Å². The molecule has 5 rings (SSSR count). The Hall–Kier alpha value is -3.38. The number of carbonyl (C=O) groups excluding carboxylic acids is 1. The number of rotatable bonds is 3. The largest absolute Gasteiger partial charge is 0.361 e. The lowest BCUT2D eigenvalue weighted by molar-refractivity contribution is 0.103. The Labute approximate surface area is 159 Å². The summed E-state index contributed by atoms with van der Waals surface area (Å²) in [4.78, 5) is 16.6. The number of thiophene rings is 1. The lowest BCUT2D eigenvalue weighted by Gasteiger charge is -2.10. The van der Waals surface area contributed by atoms with Crippen molar-refractivity contribution in [3.05, 3.63) is 70.7 Å². The molecule has 132 valence electrons. The fourth-order valence-electron chi connectivity index (χ4n) is 3.38. The molecule has 0 bridgehead atoms. The van der Waals surface area contributed by atoms with Crippen LogP contribution in [0.3, 0.4) is 0 Å². The Morgan fingerprint density at radius 2 is 2.04 bits per heavy atom. The minimum Gasteiger partial charge on any atom is -0.361 e. The van der Waals surface area contributed by atoms with Crippen molar-refractivity contribution in [2.45, 2.75) is 6.92 Å². The molecule has 5 aromatic rings. The van der Waals surface area contributed by atoms with Crippen LogP contribution in [0.25, 0.3) is 32.9 Å². The maximum absolute atomic E-state index is 12.7. The van der Waals surface area contributed by atoms with E-state index in [1.807, 2.05) is 36.7 Å². The predicted molar refractivity (Wildman–Crippen MR) is 110 cm³/mol. The number of aromatic nitrogens is 3. The summed E-state index contributed by atoms with van der Waals surface area (Å²) in [5.41, 5.74) is 5.93. The van der Waals surface area contributed by atoms with E-state index < -0.39 is 0 Å². The molecule has 27 heavy (non-hydrogen) atoms. The number of aromatic amines is 2. The number of nitrogens with zero attached hydrogens (tertiary/aromatic N) is 1. The van der Waals surface area contributed by atoms with Gasteiger partial charge in [-0.2, -0.15) is 5.10 Å². The van der Waals surface area contributed by atoms with Crippen LogP contribution in [0.15, 0.2) is 60.2 Å². The van der Waals surface area contributed by atoms with Gasteiger partial charge >= 0.3 is 0 Å². The van der Waals surface area contributed by atoms with Gasteiger partial charge in [0.15, 0.2) is 0 Å². The molecule has 0 aliphatic carbocycles. The number of anilines is 1. The summed E-state index contributed by atoms with van der Waals surface area (Å²) in [6.07, 6.45) is 3.68. The summed E-state index contributed by atoms with van der Waals surface area (Å²) < 4.78 is 0. The fourth-order valence-corrected chi connectivity index (χ4v) is 4.17. The van der Waals surface area contributed by atoms with Gasteiger partial charge in [-0.1, -0.05) is 12.1 Å². The van der Waals surface area contributed by atoms with Crippen LogP contribution in [0.1, 0.15) is 15.2 Å². The average Bonchev–Trinajstić information content (AvgIpc) is 3.41. The van der Waals surface area contributed by atoms with E-state index in [2.05, 4.69) is 44.8 Å². The highest BCUT2D eigenvalue weighted by Crippen LogP contribution is 2.34. The smallest absolute Gasteiger partial charge is 0.265 e. The molecule has 2 aromatic carbocycles. The van der Waals surface area contributed by atoms with Gasteiger partial charge in [-0.3, -0.25) is 9.89 Å². The summed E-state index contributed by atoms with van der Waals surface area (Å²) in [5.74, 6) is -0.104. The Balaban J connectivity index is 1.63. The minimum absolute atomic E-state index is 0.104. The second-order valence-electron chi connectivity index (χ2n) is 6.54. The first-order chi connectivity index (χ1) is 13.2. The van der Waals surface area contributed by atoms with Crippen LogP contribution in [0.5, 0.6) is 0 Å². The lowest BCUT2D eigenvalue weighted by atomic mass is 9.99. The second kappa shape index (κ2) is 6.10. The number of carbonyl (C=O) groups is 1. The van der Waals surface area contributed by atoms with E-state index in [0.29, 0.717) is 4.88 Å². The van der Waals surface area contributed by atoms with Crippen molar-refractivity contribution < 1.29 is 4.79 Å². The van der Waals surface area contributed by atoms with Crippen LogP contribution in [0.4, 0.5) is 5.69 Å². The molecule has 0 spiro atoms. The Kier molecular flexibility index (Phi) is 3.58. The van der Waals surface area contributed by atoms with E-state index in [-0.39, 0.29) is 5.91 Å². The summed E-state index contributed by atoms with van der Waals surface area (Å²) in [6, 6.07) is 14.2. The zero-order valence-electron chi connectivity index (χ0n) is 14.5. The number of aryl methyl sites for hydroxylation is 1. The molecule has 1 amide bonds. The zero-order valence-corrected chi connectivity index (χ0v) is 15.4. The molecule has 0 saturated heterocycles. The van der Waals surface area contributed by atoms with Crippen LogP contribution in [0.2, 0.25) is 0 Å². The molecule has 0 atom stereocenters. The van der Waals surface area contributed by atoms with E-state index in [1.54, 1.807) is 6.20 Å². The van der Waals surface area contributed by atoms with Crippen molar-refractivity contribution in [2.24, 2.45) is 0 Å². The molecule has 6 heteroatoms. The monoisotopic (exact) mass is 372 g/mol. The van der Waals surface area contributed by atoms with Gasteiger partial charge in [-0.25, -0.2) is 0 Å². The zero-order chi connectivity index (χ0) is 18.4. The molecule has 0 radical (unpaired) electrons. The SMILES string of the molecule is Cc1csc(C(=O)Nc2cc(-c3cccc4[nH]ccc34)cc3[nH]ncc23)c1. The van der Waals surface area contributed by atoms with Gasteiger partial charge < -0.3 is 10.3 Å². The van der Waals surface area contributed by atoms with Gasteiger partial charge in [0.25, 0.3) is 5.91 Å². The van der Waals surface area contributed by atoms with Gasteiger partial charge in [-0.05, 0) is 59.3 Å². The molecule has 3 heterocycles. The normalized spacial score (nSPS) is 11.3. The molecule has 3 N–H and O–H groups in total. The second-order valence-corrected chi connectivity index (χ2v) is 7.45. The van der Waals surface area contributed by atoms with Gasteiger partial charge in [0.2, 0.25) is 0 Å². The molecule has 0 fully saturated rings. The molecule has 0 unspecified atom stereocenters. The van der Waals surface area contributed by atoms with Gasteiger partial charge in [0.05, 0.1) is 22.3 Å². The van der Waals surface area contributed by atoms with Crippen LogP contribution in [0, 0.1) is 6.92 Å². The number of hydrogen-bond acceptors (Lipinski definition) is 3. The molecular formula is C21H16N4OS. The van der Waals surface area contributed by atoms with E-state index >= 15 is 0 Å². The third-order valence-electron chi connectivity index (χ3n) is 4.67. The third kappa shape index (κ3) is 2.71. The van der Waals surface area contributed by atoms with E-state index in [4.69, 9.17) is 0 Å². The van der Waals surface area contributed by atoms with Crippen molar-refractivity contribution in [1.29, 1.82) is 0 Å². The molecule has 0 saturated carbocycles. The number of H-pyrrole nitrogens is 2. The highest BCUT2D eigenvalue weighted by Gasteiger charge is 2.14.